The first-order chi connectivity index (χ1) is 16.7. The van der Waals surface area contributed by atoms with E-state index < -0.39 is 0 Å². The van der Waals surface area contributed by atoms with Crippen LogP contribution in [0.25, 0.3) is 22.2 Å². The van der Waals surface area contributed by atoms with E-state index in [1.807, 2.05) is 12.1 Å². The molecule has 3 nitrogen and oxygen atoms in total. The molecule has 3 aliphatic rings. The number of fused-ring (bicyclic) bond motifs is 5. The van der Waals surface area contributed by atoms with Crippen LogP contribution in [0.3, 0.4) is 0 Å². The summed E-state index contributed by atoms with van der Waals surface area (Å²) >= 11 is 0. The van der Waals surface area contributed by atoms with Crippen LogP contribution in [-0.2, 0) is 6.54 Å². The van der Waals surface area contributed by atoms with Crippen molar-refractivity contribution < 1.29 is 4.39 Å². The van der Waals surface area contributed by atoms with Gasteiger partial charge in [-0.05, 0) is 87.0 Å². The van der Waals surface area contributed by atoms with Crippen molar-refractivity contribution in [1.82, 2.24) is 9.47 Å². The number of aromatic nitrogens is 1. The number of hydrogen-bond donors (Lipinski definition) is 0. The molecule has 1 aliphatic carbocycles. The van der Waals surface area contributed by atoms with Crippen molar-refractivity contribution in [3.05, 3.63) is 53.3 Å². The number of hydrogen-bond acceptors (Lipinski definition) is 2. The molecular weight excluding hydrogens is 421 g/mol. The summed E-state index contributed by atoms with van der Waals surface area (Å²) in [4.78, 5) is 5.15. The molecule has 2 fully saturated rings. The number of piperidine rings is 1. The molecule has 3 aromatic rings. The van der Waals surface area contributed by atoms with Gasteiger partial charge in [0.15, 0.2) is 0 Å². The van der Waals surface area contributed by atoms with Crippen LogP contribution >= 0.6 is 0 Å². The Kier molecular flexibility index (Phi) is 6.11. The normalized spacial score (nSPS) is 19.8. The highest BCUT2D eigenvalue weighted by atomic mass is 19.1. The van der Waals surface area contributed by atoms with E-state index in [1.54, 1.807) is 6.07 Å². The topological polar surface area (TPSA) is 11.4 Å². The lowest BCUT2D eigenvalue weighted by Gasteiger charge is -2.31. The molecular formula is C30H38FN3. The lowest BCUT2D eigenvalue weighted by molar-refractivity contribution is 0.233. The molecule has 4 heteroatoms. The molecule has 1 saturated heterocycles. The largest absolute Gasteiger partial charge is 0.368 e. The zero-order valence-corrected chi connectivity index (χ0v) is 20.7. The molecule has 0 radical (unpaired) electrons. The van der Waals surface area contributed by atoms with Crippen molar-refractivity contribution in [1.29, 1.82) is 0 Å². The average molecular weight is 460 g/mol. The summed E-state index contributed by atoms with van der Waals surface area (Å²) < 4.78 is 17.3. The Hall–Kier alpha value is -2.33. The molecule has 0 bridgehead atoms. The van der Waals surface area contributed by atoms with Crippen LogP contribution in [0.2, 0.25) is 0 Å². The summed E-state index contributed by atoms with van der Waals surface area (Å²) in [5.41, 5.74) is 7.73. The predicted molar refractivity (Wildman–Crippen MR) is 140 cm³/mol. The molecule has 2 aliphatic heterocycles. The van der Waals surface area contributed by atoms with Gasteiger partial charge in [-0.15, -0.1) is 0 Å². The maximum absolute atomic E-state index is 14.8. The maximum Gasteiger partial charge on any atom is 0.124 e. The van der Waals surface area contributed by atoms with Gasteiger partial charge in [0, 0.05) is 48.3 Å². The summed E-state index contributed by atoms with van der Waals surface area (Å²) in [5, 5.41) is 1.39. The standard InChI is InChI=1S/C30H38FN3/c1-22-10-12-25-28(20-22)34-19-18-33(17-16-32-14-6-3-7-15-32)27-13-11-24(31)21-26(27)30(34)29(25)23-8-4-2-5-9-23/h10-13,20-21,23H,2-9,14-19H2,1H3. The highest BCUT2D eigenvalue weighted by Crippen LogP contribution is 2.47. The first-order valence-electron chi connectivity index (χ1n) is 13.6. The molecule has 0 amide bonds. The van der Waals surface area contributed by atoms with Crippen LogP contribution in [0.5, 0.6) is 0 Å². The summed E-state index contributed by atoms with van der Waals surface area (Å²) in [6, 6.07) is 12.5. The van der Waals surface area contributed by atoms with Gasteiger partial charge in [0.05, 0.1) is 5.69 Å². The van der Waals surface area contributed by atoms with Crippen molar-refractivity contribution in [2.75, 3.05) is 37.6 Å². The molecule has 180 valence electrons. The van der Waals surface area contributed by atoms with E-state index in [2.05, 4.69) is 39.5 Å². The molecule has 1 saturated carbocycles. The van der Waals surface area contributed by atoms with E-state index in [4.69, 9.17) is 0 Å². The highest BCUT2D eigenvalue weighted by Gasteiger charge is 2.30. The van der Waals surface area contributed by atoms with E-state index in [0.29, 0.717) is 5.92 Å². The van der Waals surface area contributed by atoms with Gasteiger partial charge in [-0.3, -0.25) is 0 Å². The predicted octanol–water partition coefficient (Wildman–Crippen LogP) is 7.11. The Bertz CT molecular complexity index is 1170. The minimum absolute atomic E-state index is 0.126. The lowest BCUT2D eigenvalue weighted by atomic mass is 9.81. The fourth-order valence-corrected chi connectivity index (χ4v) is 6.81. The molecule has 1 aromatic heterocycles. The Labute approximate surface area is 203 Å². The lowest BCUT2D eigenvalue weighted by Crippen LogP contribution is -2.38. The minimum atomic E-state index is -0.126. The van der Waals surface area contributed by atoms with Crippen molar-refractivity contribution in [3.8, 4) is 11.3 Å². The molecule has 0 atom stereocenters. The molecule has 3 heterocycles. The number of rotatable bonds is 4. The summed E-state index contributed by atoms with van der Waals surface area (Å²) in [6.45, 7) is 8.68. The molecule has 0 N–H and O–H groups in total. The first kappa shape index (κ1) is 22.2. The summed E-state index contributed by atoms with van der Waals surface area (Å²) in [6.07, 6.45) is 10.5. The summed E-state index contributed by atoms with van der Waals surface area (Å²) in [5.74, 6) is 0.449. The van der Waals surface area contributed by atoms with Gasteiger partial charge in [0.2, 0.25) is 0 Å². The second-order valence-electron chi connectivity index (χ2n) is 10.8. The van der Waals surface area contributed by atoms with Crippen LogP contribution in [0.15, 0.2) is 36.4 Å². The van der Waals surface area contributed by atoms with Crippen LogP contribution < -0.4 is 4.90 Å². The Morgan fingerprint density at radius 3 is 2.44 bits per heavy atom. The molecule has 34 heavy (non-hydrogen) atoms. The van der Waals surface area contributed by atoms with Crippen molar-refractivity contribution in [3.63, 3.8) is 0 Å². The molecule has 6 rings (SSSR count). The van der Waals surface area contributed by atoms with E-state index in [1.165, 1.54) is 97.9 Å². The van der Waals surface area contributed by atoms with E-state index in [9.17, 15) is 4.39 Å². The monoisotopic (exact) mass is 459 g/mol. The SMILES string of the molecule is Cc1ccc2c(C3CCCCC3)c3n(c2c1)CCN(CCN1CCCCC1)c1ccc(F)cc1-3. The number of nitrogens with zero attached hydrogens (tertiary/aromatic N) is 3. The van der Waals surface area contributed by atoms with Gasteiger partial charge in [-0.2, -0.15) is 0 Å². The van der Waals surface area contributed by atoms with Crippen molar-refractivity contribution in [2.24, 2.45) is 0 Å². The fourth-order valence-electron chi connectivity index (χ4n) is 6.81. The van der Waals surface area contributed by atoms with Gasteiger partial charge in [-0.25, -0.2) is 4.39 Å². The number of aryl methyl sites for hydroxylation is 1. The Balaban J connectivity index is 1.47. The number of likely N-dealkylation sites (tertiary alicyclic amines) is 1. The third-order valence-corrected chi connectivity index (χ3v) is 8.56. The van der Waals surface area contributed by atoms with Gasteiger partial charge < -0.3 is 14.4 Å². The van der Waals surface area contributed by atoms with Gasteiger partial charge in [0.1, 0.15) is 5.82 Å². The highest BCUT2D eigenvalue weighted by molar-refractivity contribution is 5.96. The third kappa shape index (κ3) is 4.04. The molecule has 0 spiro atoms. The fraction of sp³-hybridized carbons (Fsp3) is 0.533. The zero-order valence-electron chi connectivity index (χ0n) is 20.7. The zero-order chi connectivity index (χ0) is 23.1. The molecule has 2 aromatic carbocycles. The number of benzene rings is 2. The second-order valence-corrected chi connectivity index (χ2v) is 10.8. The third-order valence-electron chi connectivity index (χ3n) is 8.56. The number of anilines is 1. The van der Waals surface area contributed by atoms with E-state index in [-0.39, 0.29) is 5.82 Å². The molecule has 0 unspecified atom stereocenters. The van der Waals surface area contributed by atoms with Crippen molar-refractivity contribution in [2.45, 2.75) is 70.8 Å². The first-order valence-corrected chi connectivity index (χ1v) is 13.6. The maximum atomic E-state index is 14.8. The van der Waals surface area contributed by atoms with Gasteiger partial charge in [-0.1, -0.05) is 37.8 Å². The van der Waals surface area contributed by atoms with Crippen LogP contribution in [0, 0.1) is 12.7 Å². The minimum Gasteiger partial charge on any atom is -0.368 e. The van der Waals surface area contributed by atoms with Crippen molar-refractivity contribution >= 4 is 16.6 Å². The smallest absolute Gasteiger partial charge is 0.124 e. The Morgan fingerprint density at radius 2 is 1.62 bits per heavy atom. The number of halogens is 1. The van der Waals surface area contributed by atoms with Crippen LogP contribution in [0.1, 0.15) is 68.4 Å². The summed E-state index contributed by atoms with van der Waals surface area (Å²) in [7, 11) is 0. The van der Waals surface area contributed by atoms with Crippen LogP contribution in [0.4, 0.5) is 10.1 Å². The average Bonchev–Trinajstić information content (AvgIpc) is 3.09. The van der Waals surface area contributed by atoms with E-state index >= 15 is 0 Å². The quantitative estimate of drug-likeness (QED) is 0.412. The van der Waals surface area contributed by atoms with Crippen LogP contribution in [-0.4, -0.2) is 42.2 Å². The Morgan fingerprint density at radius 1 is 0.824 bits per heavy atom. The van der Waals surface area contributed by atoms with Gasteiger partial charge >= 0.3 is 0 Å². The van der Waals surface area contributed by atoms with E-state index in [0.717, 1.165) is 31.7 Å². The second kappa shape index (κ2) is 9.37. The van der Waals surface area contributed by atoms with Gasteiger partial charge in [0.25, 0.3) is 0 Å².